The summed E-state index contributed by atoms with van der Waals surface area (Å²) in [6.45, 7) is 8.72. The topological polar surface area (TPSA) is 29.0 Å². The highest BCUT2D eigenvalue weighted by atomic mass is 79.9. The summed E-state index contributed by atoms with van der Waals surface area (Å²) < 4.78 is 0.891. The second kappa shape index (κ2) is 8.46. The van der Waals surface area contributed by atoms with Gasteiger partial charge in [-0.1, -0.05) is 33.6 Å². The van der Waals surface area contributed by atoms with Gasteiger partial charge in [0.15, 0.2) is 0 Å². The number of unbranched alkanes of at least 4 members (excludes halogenated alkanes) is 2. The second-order valence-electron chi connectivity index (χ2n) is 4.51. The number of rotatable bonds is 8. The molecule has 0 atom stereocenters. The Balaban J connectivity index is 2.84. The minimum Gasteiger partial charge on any atom is -0.356 e. The summed E-state index contributed by atoms with van der Waals surface area (Å²) in [6.07, 6.45) is 5.74. The number of anilines is 1. The van der Waals surface area contributed by atoms with Crippen molar-refractivity contribution < 1.29 is 0 Å². The molecule has 0 amide bonds. The van der Waals surface area contributed by atoms with Gasteiger partial charge < -0.3 is 4.90 Å². The maximum Gasteiger partial charge on any atom is 0.133 e. The molecule has 0 bridgehead atoms. The van der Waals surface area contributed by atoms with Gasteiger partial charge >= 0.3 is 0 Å². The van der Waals surface area contributed by atoms with E-state index in [0.29, 0.717) is 0 Å². The lowest BCUT2D eigenvalue weighted by Gasteiger charge is -2.24. The largest absolute Gasteiger partial charge is 0.356 e. The molecule has 0 saturated heterocycles. The summed E-state index contributed by atoms with van der Waals surface area (Å²) in [5, 5.41) is 0. The van der Waals surface area contributed by atoms with Crippen LogP contribution >= 0.6 is 15.9 Å². The van der Waals surface area contributed by atoms with Crippen LogP contribution in [0.3, 0.4) is 0 Å². The van der Waals surface area contributed by atoms with Crippen molar-refractivity contribution in [3.8, 4) is 0 Å². The van der Waals surface area contributed by atoms with Gasteiger partial charge in [0, 0.05) is 25.6 Å². The van der Waals surface area contributed by atoms with Crippen molar-refractivity contribution in [3.63, 3.8) is 0 Å². The number of halogens is 1. The molecule has 0 aliphatic heterocycles. The third-order valence-electron chi connectivity index (χ3n) is 2.93. The Labute approximate surface area is 119 Å². The zero-order valence-electron chi connectivity index (χ0n) is 11.7. The lowest BCUT2D eigenvalue weighted by molar-refractivity contribution is 0.667. The molecule has 4 heteroatoms. The van der Waals surface area contributed by atoms with Gasteiger partial charge in [0.25, 0.3) is 0 Å². The molecule has 0 aromatic carbocycles. The van der Waals surface area contributed by atoms with Crippen molar-refractivity contribution >= 4 is 21.7 Å². The van der Waals surface area contributed by atoms with E-state index >= 15 is 0 Å². The minimum absolute atomic E-state index is 0.877. The van der Waals surface area contributed by atoms with Crippen LogP contribution in [0.2, 0.25) is 0 Å². The van der Waals surface area contributed by atoms with Gasteiger partial charge in [0.2, 0.25) is 0 Å². The number of aryl methyl sites for hydroxylation is 1. The van der Waals surface area contributed by atoms with E-state index in [2.05, 4.69) is 51.6 Å². The average molecular weight is 314 g/mol. The first-order valence-corrected chi connectivity index (χ1v) is 7.78. The fourth-order valence-corrected chi connectivity index (χ4v) is 2.22. The maximum atomic E-state index is 4.64. The third kappa shape index (κ3) is 4.92. The minimum atomic E-state index is 0.877. The monoisotopic (exact) mass is 313 g/mol. The van der Waals surface area contributed by atoms with E-state index in [-0.39, 0.29) is 0 Å². The maximum absolute atomic E-state index is 4.64. The Kier molecular flexibility index (Phi) is 7.25. The first-order valence-electron chi connectivity index (χ1n) is 6.99. The van der Waals surface area contributed by atoms with Gasteiger partial charge in [-0.15, -0.1) is 0 Å². The predicted molar refractivity (Wildman–Crippen MR) is 81.1 cm³/mol. The second-order valence-corrected chi connectivity index (χ2v) is 5.33. The highest BCUT2D eigenvalue weighted by molar-refractivity contribution is 9.10. The Bertz CT molecular complexity index is 347. The Hall–Kier alpha value is -0.640. The Morgan fingerprint density at radius 3 is 2.17 bits per heavy atom. The first-order chi connectivity index (χ1) is 8.71. The lowest BCUT2D eigenvalue weighted by atomic mass is 10.2. The number of hydrogen-bond acceptors (Lipinski definition) is 3. The fourth-order valence-electron chi connectivity index (χ4n) is 1.81. The molecular formula is C14H24BrN3. The van der Waals surface area contributed by atoms with Crippen molar-refractivity contribution in [2.75, 3.05) is 18.0 Å². The average Bonchev–Trinajstić information content (AvgIpc) is 2.38. The molecule has 1 heterocycles. The molecule has 18 heavy (non-hydrogen) atoms. The summed E-state index contributed by atoms with van der Waals surface area (Å²) in [4.78, 5) is 11.4. The van der Waals surface area contributed by atoms with Crippen molar-refractivity contribution in [2.24, 2.45) is 0 Å². The van der Waals surface area contributed by atoms with Crippen LogP contribution in [0.25, 0.3) is 0 Å². The standard InChI is InChI=1S/C14H24BrN3/c1-4-7-9-18(10-8-5-2)14-11-12(15)16-13(6-3)17-14/h11H,4-10H2,1-3H3. The summed E-state index contributed by atoms with van der Waals surface area (Å²) in [5.41, 5.74) is 0. The molecular weight excluding hydrogens is 290 g/mol. The van der Waals surface area contributed by atoms with Crippen LogP contribution in [-0.4, -0.2) is 23.1 Å². The first kappa shape index (κ1) is 15.4. The highest BCUT2D eigenvalue weighted by Gasteiger charge is 2.09. The molecule has 0 unspecified atom stereocenters. The van der Waals surface area contributed by atoms with Crippen LogP contribution in [0, 0.1) is 0 Å². The molecule has 0 fully saturated rings. The van der Waals surface area contributed by atoms with E-state index in [1.807, 2.05) is 6.07 Å². The van der Waals surface area contributed by atoms with E-state index in [0.717, 1.165) is 35.8 Å². The van der Waals surface area contributed by atoms with Gasteiger partial charge in [-0.3, -0.25) is 0 Å². The van der Waals surface area contributed by atoms with Gasteiger partial charge in [0.05, 0.1) is 0 Å². The van der Waals surface area contributed by atoms with Crippen LogP contribution in [0.1, 0.15) is 52.3 Å². The normalized spacial score (nSPS) is 10.7. The van der Waals surface area contributed by atoms with Gasteiger partial charge in [-0.05, 0) is 28.8 Å². The number of hydrogen-bond donors (Lipinski definition) is 0. The van der Waals surface area contributed by atoms with Crippen LogP contribution in [-0.2, 0) is 6.42 Å². The highest BCUT2D eigenvalue weighted by Crippen LogP contribution is 2.18. The van der Waals surface area contributed by atoms with Crippen molar-refractivity contribution in [1.29, 1.82) is 0 Å². The number of nitrogens with zero attached hydrogens (tertiary/aromatic N) is 3. The van der Waals surface area contributed by atoms with Gasteiger partial charge in [-0.2, -0.15) is 0 Å². The predicted octanol–water partition coefficient (Wildman–Crippen LogP) is 4.21. The zero-order chi connectivity index (χ0) is 13.4. The van der Waals surface area contributed by atoms with Crippen LogP contribution in [0.15, 0.2) is 10.7 Å². The molecule has 0 aliphatic carbocycles. The van der Waals surface area contributed by atoms with Gasteiger partial charge in [0.1, 0.15) is 16.2 Å². The molecule has 0 aliphatic rings. The van der Waals surface area contributed by atoms with E-state index in [1.165, 1.54) is 25.7 Å². The molecule has 0 radical (unpaired) electrons. The molecule has 0 spiro atoms. The van der Waals surface area contributed by atoms with Crippen molar-refractivity contribution in [2.45, 2.75) is 52.9 Å². The van der Waals surface area contributed by atoms with E-state index < -0.39 is 0 Å². The molecule has 1 rings (SSSR count). The van der Waals surface area contributed by atoms with Crippen molar-refractivity contribution in [3.05, 3.63) is 16.5 Å². The molecule has 3 nitrogen and oxygen atoms in total. The van der Waals surface area contributed by atoms with Crippen LogP contribution < -0.4 is 4.90 Å². The van der Waals surface area contributed by atoms with Gasteiger partial charge in [-0.25, -0.2) is 9.97 Å². The summed E-state index contributed by atoms with van der Waals surface area (Å²) in [7, 11) is 0. The smallest absolute Gasteiger partial charge is 0.133 e. The summed E-state index contributed by atoms with van der Waals surface area (Å²) in [5.74, 6) is 1.98. The summed E-state index contributed by atoms with van der Waals surface area (Å²) in [6, 6.07) is 2.03. The van der Waals surface area contributed by atoms with Crippen LogP contribution in [0.5, 0.6) is 0 Å². The van der Waals surface area contributed by atoms with E-state index in [1.54, 1.807) is 0 Å². The SMILES string of the molecule is CCCCN(CCCC)c1cc(Br)nc(CC)n1. The fraction of sp³-hybridized carbons (Fsp3) is 0.714. The molecule has 0 saturated carbocycles. The van der Waals surface area contributed by atoms with Crippen molar-refractivity contribution in [1.82, 2.24) is 9.97 Å². The van der Waals surface area contributed by atoms with E-state index in [4.69, 9.17) is 0 Å². The van der Waals surface area contributed by atoms with E-state index in [9.17, 15) is 0 Å². The molecule has 1 aromatic heterocycles. The Morgan fingerprint density at radius 1 is 1.06 bits per heavy atom. The molecule has 1 aromatic rings. The third-order valence-corrected chi connectivity index (χ3v) is 3.34. The molecule has 102 valence electrons. The Morgan fingerprint density at radius 2 is 1.67 bits per heavy atom. The summed E-state index contributed by atoms with van der Waals surface area (Å²) >= 11 is 3.48. The number of aromatic nitrogens is 2. The zero-order valence-corrected chi connectivity index (χ0v) is 13.3. The lowest BCUT2D eigenvalue weighted by Crippen LogP contribution is -2.27. The molecule has 0 N–H and O–H groups in total. The quantitative estimate of drug-likeness (QED) is 0.673. The van der Waals surface area contributed by atoms with Crippen LogP contribution in [0.4, 0.5) is 5.82 Å².